The number of aliphatic carboxylic acids is 1. The number of aliphatic hydroxyl groups excluding tert-OH is 1. The zero-order valence-corrected chi connectivity index (χ0v) is 75.7. The maximum atomic E-state index is 15.5. The summed E-state index contributed by atoms with van der Waals surface area (Å²) in [5, 5.41) is 57.3. The lowest BCUT2D eigenvalue weighted by molar-refractivity contribution is -0.141. The molecule has 5 rings (SSSR count). The first-order chi connectivity index (χ1) is 61.3. The van der Waals surface area contributed by atoms with E-state index >= 15 is 24.0 Å². The fourth-order valence-electron chi connectivity index (χ4n) is 13.4. The van der Waals surface area contributed by atoms with Crippen LogP contribution in [0, 0.1) is 0 Å². The van der Waals surface area contributed by atoms with Gasteiger partial charge in [-0.2, -0.15) is 25.3 Å². The molecule has 0 aliphatic carbocycles. The first-order valence-corrected chi connectivity index (χ1v) is 42.6. The number of aliphatic hydroxyl groups is 1. The molecule has 5 aromatic rings. The van der Waals surface area contributed by atoms with Crippen LogP contribution in [0.5, 0.6) is 5.75 Å². The van der Waals surface area contributed by atoms with Gasteiger partial charge < -0.3 is 129 Å². The van der Waals surface area contributed by atoms with Crippen LogP contribution in [0.3, 0.4) is 0 Å². The minimum Gasteiger partial charge on any atom is -0.492 e. The molecule has 0 saturated carbocycles. The van der Waals surface area contributed by atoms with Gasteiger partial charge in [0.2, 0.25) is 112 Å². The van der Waals surface area contributed by atoms with Crippen molar-refractivity contribution in [2.45, 2.75) is 239 Å². The summed E-state index contributed by atoms with van der Waals surface area (Å²) in [5.41, 5.74) is 32.6. The number of H-pyrrole nitrogens is 1. The molecule has 1 aromatic heterocycles. The molecule has 0 aliphatic rings. The number of carboxylic acids is 1. The van der Waals surface area contributed by atoms with Crippen LogP contribution in [0.4, 0.5) is 0 Å². The predicted molar refractivity (Wildman–Crippen MR) is 482 cm³/mol. The van der Waals surface area contributed by atoms with Crippen LogP contribution in [0.25, 0.3) is 21.7 Å². The Morgan fingerprint density at radius 3 is 1.42 bits per heavy atom. The number of ether oxygens (including phenoxy) is 1. The number of hydrogen-bond donors (Lipinski definition) is 25. The van der Waals surface area contributed by atoms with E-state index in [4.69, 9.17) is 51.8 Å². The zero-order chi connectivity index (χ0) is 98.1. The van der Waals surface area contributed by atoms with E-state index in [9.17, 15) is 82.1 Å². The molecule has 4 aromatic carbocycles. The van der Waals surface area contributed by atoms with Crippen LogP contribution in [-0.4, -0.2) is 247 Å². The summed E-state index contributed by atoms with van der Waals surface area (Å²) in [7, 11) is 0. The van der Waals surface area contributed by atoms with Gasteiger partial charge in [-0.05, 0) is 126 Å². The van der Waals surface area contributed by atoms with Gasteiger partial charge in [0.05, 0.1) is 25.4 Å². The average molecular weight is 1870 g/mol. The number of amides is 19. The van der Waals surface area contributed by atoms with Gasteiger partial charge in [-0.15, -0.1) is 0 Å². The number of para-hydroxylation sites is 1. The zero-order valence-electron chi connectivity index (χ0n) is 73.9. The van der Waals surface area contributed by atoms with E-state index < -0.39 is 257 Å². The quantitative estimate of drug-likeness (QED) is 0.0128. The minimum absolute atomic E-state index is 0.107. The number of fused-ring (bicyclic) bond motifs is 2. The number of thiol groups is 2. The van der Waals surface area contributed by atoms with Gasteiger partial charge >= 0.3 is 5.97 Å². The fourth-order valence-corrected chi connectivity index (χ4v) is 13.8. The van der Waals surface area contributed by atoms with Gasteiger partial charge in [0.25, 0.3) is 0 Å². The molecule has 29 N–H and O–H groups in total. The highest BCUT2D eigenvalue weighted by atomic mass is 32.1. The lowest BCUT2D eigenvalue weighted by Gasteiger charge is -2.33. The van der Waals surface area contributed by atoms with E-state index in [2.05, 4.69) is 92.0 Å². The number of aromatic amines is 1. The van der Waals surface area contributed by atoms with Gasteiger partial charge in [-0.3, -0.25) is 95.9 Å². The first kappa shape index (κ1) is 108. The number of aromatic nitrogens is 1. The van der Waals surface area contributed by atoms with Crippen molar-refractivity contribution < 1.29 is 111 Å². The van der Waals surface area contributed by atoms with E-state index in [0.717, 1.165) is 19.2 Å². The largest absolute Gasteiger partial charge is 0.492 e. The average Bonchev–Trinajstić information content (AvgIpc) is 1.66. The van der Waals surface area contributed by atoms with Crippen molar-refractivity contribution >= 4 is 165 Å². The minimum atomic E-state index is -2.05. The number of carboxylic acid groups (broad SMARTS) is 1. The Hall–Kier alpha value is -13.5. The highest BCUT2D eigenvalue weighted by Gasteiger charge is 2.44. The molecule has 0 aliphatic heterocycles. The molecule has 0 unspecified atom stereocenters. The normalized spacial score (nSPS) is 14.4. The molecule has 1 heterocycles. The van der Waals surface area contributed by atoms with Crippen LogP contribution >= 0.6 is 25.3 Å². The maximum absolute atomic E-state index is 15.5. The van der Waals surface area contributed by atoms with Gasteiger partial charge in [-0.25, -0.2) is 0 Å². The van der Waals surface area contributed by atoms with Crippen LogP contribution in [0.2, 0.25) is 0 Å². The Kier molecular flexibility index (Phi) is 41.6. The summed E-state index contributed by atoms with van der Waals surface area (Å²) < 4.78 is 2.51. The molecule has 13 atom stereocenters. The van der Waals surface area contributed by atoms with Crippen molar-refractivity contribution in [3.05, 3.63) is 114 Å². The Morgan fingerprint density at radius 1 is 0.443 bits per heavy atom. The summed E-state index contributed by atoms with van der Waals surface area (Å²) in [6.07, 6.45) is -6.38. The smallest absolute Gasteiger partial charge is 0.305 e. The monoisotopic (exact) mass is 1870 g/mol. The number of primary amides is 5. The van der Waals surface area contributed by atoms with Crippen molar-refractivity contribution in [3.8, 4) is 5.75 Å². The van der Waals surface area contributed by atoms with Crippen molar-refractivity contribution in [3.63, 3.8) is 0 Å². The number of rotatable bonds is 55. The first-order valence-electron chi connectivity index (χ1n) is 41.7. The lowest BCUT2D eigenvalue weighted by Crippen LogP contribution is -2.65. The molecule has 0 saturated heterocycles. The SMILES string of the molecule is CC(=O)NCCCC[C@H](NC(=O)C(C)(C)NC(=O)[C@H](Cc1ccc2ccccc2c1)NC(=O)[C@H](Cc1ccc(OCCN)cc1)NC(=O)[C@@H](NC(=O)[C@H](CCC(N)=O)NC(=O)[C@H](Cc1c[nH]c2ccccc12)NC(=O)[C@@H](NC(=O)[C@H](CCC(N)=O)NC(=O)[C@@H](NC(=O)[C@@H](CC(=O)O)NC(C)=O)C(C)(C)S)[C@@H](C)O)C(C)(C)S)C(=O)N[C@@H](CC(N)=O)C(=O)N[C@@H](CC(N)=O)C(N)=O. The molecule has 0 radical (unpaired) electrons. The lowest BCUT2D eigenvalue weighted by atomic mass is 9.97. The van der Waals surface area contributed by atoms with Crippen molar-refractivity contribution in [1.82, 2.24) is 79.4 Å². The van der Waals surface area contributed by atoms with E-state index in [-0.39, 0.29) is 57.7 Å². The molecule has 714 valence electrons. The van der Waals surface area contributed by atoms with E-state index in [1.807, 2.05) is 6.07 Å². The second-order valence-corrected chi connectivity index (χ2v) is 35.3. The number of hydrogen-bond acceptors (Lipinski definition) is 25. The number of unbranched alkanes of at least 4 members (excludes halogenated alkanes) is 1. The summed E-state index contributed by atoms with van der Waals surface area (Å²) >= 11 is 9.17. The number of nitrogens with one attached hydrogen (secondary N) is 15. The van der Waals surface area contributed by atoms with Crippen LogP contribution in [0.1, 0.15) is 143 Å². The number of carbonyl (C=O) groups excluding carboxylic acids is 19. The fraction of sp³-hybridized carbons (Fsp3) is 0.482. The highest BCUT2D eigenvalue weighted by Crippen LogP contribution is 2.25. The van der Waals surface area contributed by atoms with Crippen molar-refractivity contribution in [2.75, 3.05) is 19.7 Å². The third-order valence-electron chi connectivity index (χ3n) is 20.3. The molecule has 0 fully saturated rings. The second-order valence-electron chi connectivity index (χ2n) is 33.0. The molecule has 0 bridgehead atoms. The van der Waals surface area contributed by atoms with Crippen molar-refractivity contribution in [2.24, 2.45) is 34.4 Å². The number of carbonyl (C=O) groups is 20. The van der Waals surface area contributed by atoms with Gasteiger partial charge in [-0.1, -0.05) is 72.8 Å². The molecule has 131 heavy (non-hydrogen) atoms. The van der Waals surface area contributed by atoms with Crippen molar-refractivity contribution in [1.29, 1.82) is 0 Å². The van der Waals surface area contributed by atoms with Crippen LogP contribution in [0.15, 0.2) is 97.2 Å². The second kappa shape index (κ2) is 50.5. The summed E-state index contributed by atoms with van der Waals surface area (Å²) in [6.45, 7) is 11.7. The van der Waals surface area contributed by atoms with Gasteiger partial charge in [0.1, 0.15) is 90.4 Å². The Labute approximate surface area is 764 Å². The van der Waals surface area contributed by atoms with E-state index in [1.165, 1.54) is 54.7 Å². The van der Waals surface area contributed by atoms with Gasteiger partial charge in [0.15, 0.2) is 0 Å². The molecule has 46 heteroatoms. The number of nitrogens with two attached hydrogens (primary N) is 6. The topological polar surface area (TPSA) is 731 Å². The van der Waals surface area contributed by atoms with Crippen LogP contribution in [-0.2, 0) is 115 Å². The Bertz CT molecular complexity index is 4980. The molecule has 0 spiro atoms. The summed E-state index contributed by atoms with van der Waals surface area (Å²) in [5.74, 6) is -21.5. The number of benzene rings is 4. The van der Waals surface area contributed by atoms with E-state index in [1.54, 1.807) is 84.9 Å². The molecule has 19 amide bonds. The standard InChI is InChI=1S/C85H119N21O23S2/c1-42(107)67(103-72(118)54(27-29-62(87)110)96-80(126)68(84(6,7)130)105-77(123)61(40-66(114)115)94-44(3)109)79(125)100-59(37-49-41-93-52-19-13-12-18-51(49)52)75(121)95-55(28-30-63(88)111)73(119)104-69(85(8,9)131)81(127)101-57(35-45-22-25-50(26-23-45)129-33-31-86)74(120)98-58(36-46-21-24-47-16-10-11-17-48(47)34-46)78(124)106-83(4,5)82(128)102-53(20-14-15-32-92-43(2)108)71(117)99-60(39-65(90)113)76(122)97-56(70(91)116)38-64(89)112/h10-13,16-19,21-26,34,41-42,53-61,67-69,93,107,130-131H,14-15,20,27-33,35-40,86H2,1-9H3,(H2,87,110)(H2,88,111)(H2,89,112)(H2,90,113)(H2,91,116)(H,92,108)(H,94,109)(H,95,121)(H,96,126)(H,97,122)(H,98,120)(H,99,117)(H,100,125)(H,101,127)(H,102,128)(H,103,118)(H,104,119)(H,105,123)(H,106,124)(H,114,115)/t42-,53+,54+,55+,56+,57+,58+,59+,60+,61-,67+,68-,69-/m1/s1. The summed E-state index contributed by atoms with van der Waals surface area (Å²) in [6, 6.07) is 3.84. The maximum Gasteiger partial charge on any atom is 0.305 e. The van der Waals surface area contributed by atoms with Gasteiger partial charge in [0, 0.05) is 85.6 Å². The third-order valence-corrected chi connectivity index (χ3v) is 20.8. The predicted octanol–water partition coefficient (Wildman–Crippen LogP) is -5.24. The molecular weight excluding hydrogens is 1750 g/mol. The Morgan fingerprint density at radius 2 is 0.885 bits per heavy atom. The Balaban J connectivity index is 1.54. The van der Waals surface area contributed by atoms with E-state index in [0.29, 0.717) is 38.7 Å². The highest BCUT2D eigenvalue weighted by molar-refractivity contribution is 7.82. The molecule has 44 nitrogen and oxygen atoms in total. The van der Waals surface area contributed by atoms with Crippen LogP contribution < -0.4 is 114 Å². The third kappa shape index (κ3) is 36.2. The summed E-state index contributed by atoms with van der Waals surface area (Å²) in [4.78, 5) is 276. The molecular formula is C85H119N21O23S2.